The van der Waals surface area contributed by atoms with E-state index in [1.54, 1.807) is 54.6 Å². The lowest BCUT2D eigenvalue weighted by Gasteiger charge is -2.24. The summed E-state index contributed by atoms with van der Waals surface area (Å²) in [7, 11) is 0. The van der Waals surface area contributed by atoms with E-state index in [1.807, 2.05) is 6.07 Å². The molecule has 2 aromatic rings. The van der Waals surface area contributed by atoms with Crippen molar-refractivity contribution in [2.24, 2.45) is 5.73 Å². The lowest BCUT2D eigenvalue weighted by Crippen LogP contribution is -2.56. The number of hydrazine groups is 1. The first-order valence-electron chi connectivity index (χ1n) is 11.5. The number of hydrogen-bond donors (Lipinski definition) is 4. The van der Waals surface area contributed by atoms with Gasteiger partial charge in [0.05, 0.1) is 0 Å². The molecule has 2 unspecified atom stereocenters. The minimum absolute atomic E-state index is 0.00887. The van der Waals surface area contributed by atoms with Crippen LogP contribution in [0.1, 0.15) is 29.8 Å². The van der Waals surface area contributed by atoms with E-state index >= 15 is 0 Å². The molecule has 12 heteroatoms. The molecule has 2 atom stereocenters. The molecule has 12 nitrogen and oxygen atoms in total. The van der Waals surface area contributed by atoms with Crippen LogP contribution >= 0.6 is 0 Å². The molecule has 0 bridgehead atoms. The number of carbonyl (C=O) groups is 6. The number of nitrogens with one attached hydrogen (secondary N) is 3. The van der Waals surface area contributed by atoms with Crippen molar-refractivity contribution in [1.29, 1.82) is 0 Å². The van der Waals surface area contributed by atoms with E-state index < -0.39 is 54.1 Å². The minimum Gasteiger partial charge on any atom is -0.445 e. The molecule has 0 saturated heterocycles. The van der Waals surface area contributed by atoms with Gasteiger partial charge < -0.3 is 21.1 Å². The van der Waals surface area contributed by atoms with Gasteiger partial charge in [-0.25, -0.2) is 9.80 Å². The summed E-state index contributed by atoms with van der Waals surface area (Å²) in [5.41, 5.74) is 8.45. The number of primary amides is 1. The molecule has 200 valence electrons. The lowest BCUT2D eigenvalue weighted by molar-refractivity contribution is -0.142. The number of benzene rings is 2. The van der Waals surface area contributed by atoms with Crippen LogP contribution in [0.5, 0.6) is 0 Å². The van der Waals surface area contributed by atoms with Crippen molar-refractivity contribution in [2.75, 3.05) is 6.54 Å². The molecular weight excluding hydrogens is 494 g/mol. The zero-order valence-corrected chi connectivity index (χ0v) is 20.9. The summed E-state index contributed by atoms with van der Waals surface area (Å²) in [6, 6.07) is 14.9. The fourth-order valence-corrected chi connectivity index (χ4v) is 2.90. The van der Waals surface area contributed by atoms with Gasteiger partial charge in [-0.2, -0.15) is 0 Å². The highest BCUT2D eigenvalue weighted by atomic mass is 16.5. The second kappa shape index (κ2) is 14.5. The molecule has 5 amide bonds. The van der Waals surface area contributed by atoms with E-state index in [4.69, 9.17) is 10.5 Å². The molecular formula is C26H29N5O7. The van der Waals surface area contributed by atoms with E-state index in [0.717, 1.165) is 17.7 Å². The van der Waals surface area contributed by atoms with Crippen LogP contribution in [0.25, 0.3) is 0 Å². The Bertz CT molecular complexity index is 1180. The van der Waals surface area contributed by atoms with Gasteiger partial charge in [0.25, 0.3) is 11.8 Å². The van der Waals surface area contributed by atoms with Crippen LogP contribution in [0.15, 0.2) is 72.8 Å². The number of rotatable bonds is 11. The average molecular weight is 524 g/mol. The Morgan fingerprint density at radius 2 is 1.42 bits per heavy atom. The van der Waals surface area contributed by atoms with Gasteiger partial charge in [0, 0.05) is 11.6 Å². The normalized spacial score (nSPS) is 12.1. The van der Waals surface area contributed by atoms with Crippen molar-refractivity contribution in [3.8, 4) is 0 Å². The first-order valence-corrected chi connectivity index (χ1v) is 11.5. The SMILES string of the molecule is CC(NC(=O)OCc1ccccc1)C(=O)NC(C)C(=O)NN(CC(N)=O)C(=O)/C=C/C(=O)c1ccccc1. The molecule has 0 aromatic heterocycles. The van der Waals surface area contributed by atoms with Crippen LogP contribution in [0.4, 0.5) is 4.79 Å². The Kier molecular flexibility index (Phi) is 11.2. The highest BCUT2D eigenvalue weighted by Gasteiger charge is 2.24. The maximum atomic E-state index is 12.6. The Labute approximate surface area is 219 Å². The van der Waals surface area contributed by atoms with Crippen molar-refractivity contribution < 1.29 is 33.5 Å². The van der Waals surface area contributed by atoms with Crippen LogP contribution in [-0.2, 0) is 30.5 Å². The highest BCUT2D eigenvalue weighted by molar-refractivity contribution is 6.08. The van der Waals surface area contributed by atoms with Gasteiger partial charge in [-0.15, -0.1) is 0 Å². The second-order valence-corrected chi connectivity index (χ2v) is 8.09. The quantitative estimate of drug-likeness (QED) is 0.189. The number of ketones is 1. The standard InChI is InChI=1S/C26H29N5O7/c1-17(29-26(37)38-16-19-9-5-3-6-10-19)24(35)28-18(2)25(36)30-31(15-22(27)33)23(34)14-13-21(32)20-11-7-4-8-12-20/h3-14,17-18H,15-16H2,1-2H3,(H2,27,33)(H,28,35)(H,29,37)(H,30,36)/b14-13+. The molecule has 0 radical (unpaired) electrons. The van der Waals surface area contributed by atoms with Gasteiger partial charge in [-0.1, -0.05) is 60.7 Å². The van der Waals surface area contributed by atoms with Gasteiger partial charge >= 0.3 is 6.09 Å². The molecule has 0 heterocycles. The maximum Gasteiger partial charge on any atom is 0.408 e. The van der Waals surface area contributed by atoms with Crippen molar-refractivity contribution in [1.82, 2.24) is 21.1 Å². The first kappa shape index (κ1) is 29.2. The van der Waals surface area contributed by atoms with E-state index in [-0.39, 0.29) is 6.61 Å². The third kappa shape index (κ3) is 9.93. The van der Waals surface area contributed by atoms with Crippen molar-refractivity contribution in [3.05, 3.63) is 83.9 Å². The summed E-state index contributed by atoms with van der Waals surface area (Å²) in [6.07, 6.45) is 1.05. The summed E-state index contributed by atoms with van der Waals surface area (Å²) >= 11 is 0. The Morgan fingerprint density at radius 1 is 0.842 bits per heavy atom. The van der Waals surface area contributed by atoms with E-state index in [9.17, 15) is 28.8 Å². The second-order valence-electron chi connectivity index (χ2n) is 8.09. The zero-order valence-electron chi connectivity index (χ0n) is 20.9. The van der Waals surface area contributed by atoms with Gasteiger partial charge in [0.15, 0.2) is 5.78 Å². The van der Waals surface area contributed by atoms with Gasteiger partial charge in [0.1, 0.15) is 25.2 Å². The van der Waals surface area contributed by atoms with Gasteiger partial charge in [-0.3, -0.25) is 29.4 Å². The number of alkyl carbamates (subject to hydrolysis) is 1. The van der Waals surface area contributed by atoms with E-state index in [1.165, 1.54) is 13.8 Å². The number of allylic oxidation sites excluding steroid dienone is 1. The predicted octanol–water partition coefficient (Wildman–Crippen LogP) is 0.590. The molecule has 2 aromatic carbocycles. The number of amides is 5. The fourth-order valence-electron chi connectivity index (χ4n) is 2.90. The first-order chi connectivity index (χ1) is 18.1. The van der Waals surface area contributed by atoms with Crippen molar-refractivity contribution in [2.45, 2.75) is 32.5 Å². The molecule has 0 saturated carbocycles. The molecule has 38 heavy (non-hydrogen) atoms. The molecule has 5 N–H and O–H groups in total. The predicted molar refractivity (Wildman–Crippen MR) is 136 cm³/mol. The molecule has 0 fully saturated rings. The summed E-state index contributed by atoms with van der Waals surface area (Å²) in [4.78, 5) is 73.0. The Hall–Kier alpha value is -5.00. The van der Waals surface area contributed by atoms with E-state index in [0.29, 0.717) is 10.6 Å². The van der Waals surface area contributed by atoms with Gasteiger partial charge in [0.2, 0.25) is 11.8 Å². The molecule has 2 rings (SSSR count). The highest BCUT2D eigenvalue weighted by Crippen LogP contribution is 2.02. The number of hydrogen-bond acceptors (Lipinski definition) is 7. The summed E-state index contributed by atoms with van der Waals surface area (Å²) < 4.78 is 5.06. The average Bonchev–Trinajstić information content (AvgIpc) is 2.90. The summed E-state index contributed by atoms with van der Waals surface area (Å²) in [5, 5.41) is 5.34. The number of ether oxygens (including phenoxy) is 1. The molecule has 0 aliphatic heterocycles. The van der Waals surface area contributed by atoms with Crippen LogP contribution in [0, 0.1) is 0 Å². The Balaban J connectivity index is 1.89. The number of carbonyl (C=O) groups excluding carboxylic acids is 6. The molecule has 0 aliphatic rings. The van der Waals surface area contributed by atoms with Crippen molar-refractivity contribution >= 4 is 35.5 Å². The van der Waals surface area contributed by atoms with Crippen LogP contribution in [0.2, 0.25) is 0 Å². The van der Waals surface area contributed by atoms with Crippen LogP contribution in [-0.4, -0.2) is 59.1 Å². The fraction of sp³-hybridized carbons (Fsp3) is 0.231. The zero-order chi connectivity index (χ0) is 28.1. The third-order valence-corrected chi connectivity index (χ3v) is 4.95. The third-order valence-electron chi connectivity index (χ3n) is 4.95. The van der Waals surface area contributed by atoms with Crippen molar-refractivity contribution in [3.63, 3.8) is 0 Å². The largest absolute Gasteiger partial charge is 0.445 e. The lowest BCUT2D eigenvalue weighted by atomic mass is 10.1. The minimum atomic E-state index is -1.18. The smallest absolute Gasteiger partial charge is 0.408 e. The van der Waals surface area contributed by atoms with Crippen LogP contribution in [0.3, 0.4) is 0 Å². The summed E-state index contributed by atoms with van der Waals surface area (Å²) in [5.74, 6) is -3.84. The monoisotopic (exact) mass is 523 g/mol. The van der Waals surface area contributed by atoms with Gasteiger partial charge in [-0.05, 0) is 25.5 Å². The van der Waals surface area contributed by atoms with Crippen LogP contribution < -0.4 is 21.8 Å². The molecule has 0 aliphatic carbocycles. The topological polar surface area (TPSA) is 177 Å². The maximum absolute atomic E-state index is 12.6. The number of nitrogens with two attached hydrogens (primary N) is 1. The Morgan fingerprint density at radius 3 is 2.03 bits per heavy atom. The van der Waals surface area contributed by atoms with E-state index in [2.05, 4.69) is 16.1 Å². The summed E-state index contributed by atoms with van der Waals surface area (Å²) in [6.45, 7) is 2.05. The number of nitrogens with zero attached hydrogens (tertiary/aromatic N) is 1. The molecule has 0 spiro atoms.